The normalized spacial score (nSPS) is 15.2. The number of anilines is 1. The van der Waals surface area contributed by atoms with Gasteiger partial charge in [-0.2, -0.15) is 9.61 Å². The van der Waals surface area contributed by atoms with Crippen molar-refractivity contribution in [2.24, 2.45) is 0 Å². The zero-order chi connectivity index (χ0) is 23.4. The molecule has 1 fully saturated rings. The third-order valence-corrected chi connectivity index (χ3v) is 5.78. The summed E-state index contributed by atoms with van der Waals surface area (Å²) in [5.41, 5.74) is 4.67. The molecule has 0 saturated carbocycles. The molecule has 3 aromatic rings. The maximum absolute atomic E-state index is 10.0. The first-order valence-electron chi connectivity index (χ1n) is 11.4. The summed E-state index contributed by atoms with van der Waals surface area (Å²) in [4.78, 5) is 7.31. The highest BCUT2D eigenvalue weighted by atomic mass is 16.5. The highest BCUT2D eigenvalue weighted by Crippen LogP contribution is 2.31. The van der Waals surface area contributed by atoms with E-state index in [1.807, 2.05) is 22.8 Å². The molecule has 2 aromatic heterocycles. The molecule has 1 unspecified atom stereocenters. The van der Waals surface area contributed by atoms with Crippen molar-refractivity contribution in [3.63, 3.8) is 0 Å². The average Bonchev–Trinajstić information content (AvgIpc) is 3.27. The van der Waals surface area contributed by atoms with Gasteiger partial charge in [0.2, 0.25) is 0 Å². The lowest BCUT2D eigenvalue weighted by Crippen LogP contribution is -2.37. The number of morpholine rings is 1. The van der Waals surface area contributed by atoms with Crippen LogP contribution in [-0.2, 0) is 4.74 Å². The second-order valence-corrected chi connectivity index (χ2v) is 8.61. The van der Waals surface area contributed by atoms with Crippen molar-refractivity contribution >= 4 is 17.5 Å². The molecule has 1 aliphatic heterocycles. The third kappa shape index (κ3) is 5.19. The summed E-state index contributed by atoms with van der Waals surface area (Å²) >= 11 is 0. The van der Waals surface area contributed by atoms with Gasteiger partial charge in [-0.1, -0.05) is 26.5 Å². The van der Waals surface area contributed by atoms with Gasteiger partial charge in [0, 0.05) is 36.8 Å². The maximum Gasteiger partial charge on any atom is 0.161 e. The fraction of sp³-hybridized carbons (Fsp3) is 0.440. The summed E-state index contributed by atoms with van der Waals surface area (Å²) in [6, 6.07) is 8.02. The molecule has 0 amide bonds. The van der Waals surface area contributed by atoms with E-state index in [1.54, 1.807) is 13.1 Å². The summed E-state index contributed by atoms with van der Waals surface area (Å²) in [6.07, 6.45) is 3.12. The number of rotatable bonds is 9. The van der Waals surface area contributed by atoms with Crippen LogP contribution in [-0.4, -0.2) is 72.3 Å². The molecule has 1 saturated heterocycles. The van der Waals surface area contributed by atoms with Crippen LogP contribution < -0.4 is 15.0 Å². The number of hydrogen-bond acceptors (Lipinski definition) is 7. The molecular formula is C25H33N5O3. The number of benzene rings is 1. The maximum atomic E-state index is 10.0. The quantitative estimate of drug-likeness (QED) is 0.517. The minimum absolute atomic E-state index is 0.201. The van der Waals surface area contributed by atoms with Gasteiger partial charge in [-0.05, 0) is 36.7 Å². The van der Waals surface area contributed by atoms with Crippen LogP contribution in [0, 0.1) is 0 Å². The summed E-state index contributed by atoms with van der Waals surface area (Å²) in [7, 11) is 1.80. The van der Waals surface area contributed by atoms with Gasteiger partial charge in [0.15, 0.2) is 5.65 Å². The van der Waals surface area contributed by atoms with Gasteiger partial charge in [0.05, 0.1) is 25.1 Å². The van der Waals surface area contributed by atoms with Crippen molar-refractivity contribution in [2.45, 2.75) is 25.9 Å². The summed E-state index contributed by atoms with van der Waals surface area (Å²) in [5, 5.41) is 17.7. The first kappa shape index (κ1) is 23.2. The molecule has 3 heterocycles. The molecule has 0 radical (unpaired) electrons. The molecule has 33 heavy (non-hydrogen) atoms. The van der Waals surface area contributed by atoms with Crippen LogP contribution in [0.4, 0.5) is 5.82 Å². The summed E-state index contributed by atoms with van der Waals surface area (Å²) < 4.78 is 13.4. The fourth-order valence-corrected chi connectivity index (χ4v) is 3.99. The monoisotopic (exact) mass is 451 g/mol. The Labute approximate surface area is 194 Å². The number of aliphatic hydroxyl groups is 1. The molecule has 4 rings (SSSR count). The lowest BCUT2D eigenvalue weighted by molar-refractivity contribution is 0.108. The molecule has 0 aliphatic carbocycles. The second-order valence-electron chi connectivity index (χ2n) is 8.61. The molecular weight excluding hydrogens is 418 g/mol. The number of aliphatic hydroxyl groups excluding tert-OH is 1. The van der Waals surface area contributed by atoms with E-state index < -0.39 is 6.10 Å². The van der Waals surface area contributed by atoms with Gasteiger partial charge in [-0.25, -0.2) is 4.98 Å². The molecule has 0 bridgehead atoms. The van der Waals surface area contributed by atoms with Gasteiger partial charge in [0.25, 0.3) is 0 Å². The molecule has 1 aliphatic rings. The van der Waals surface area contributed by atoms with Gasteiger partial charge in [-0.3, -0.25) is 0 Å². The predicted molar refractivity (Wildman–Crippen MR) is 131 cm³/mol. The third-order valence-electron chi connectivity index (χ3n) is 5.78. The molecule has 2 N–H and O–H groups in total. The van der Waals surface area contributed by atoms with Crippen molar-refractivity contribution in [2.75, 3.05) is 51.4 Å². The Balaban J connectivity index is 1.78. The Kier molecular flexibility index (Phi) is 7.27. The number of fused-ring (bicyclic) bond motifs is 1. The Hall–Kier alpha value is -2.94. The van der Waals surface area contributed by atoms with E-state index in [9.17, 15) is 5.11 Å². The zero-order valence-corrected chi connectivity index (χ0v) is 19.6. The number of hydrogen-bond donors (Lipinski definition) is 2. The van der Waals surface area contributed by atoms with Gasteiger partial charge >= 0.3 is 0 Å². The summed E-state index contributed by atoms with van der Waals surface area (Å²) in [5.74, 6) is 1.97. The number of nitrogens with zero attached hydrogens (tertiary/aromatic N) is 4. The number of aromatic nitrogens is 3. The van der Waals surface area contributed by atoms with E-state index in [0.29, 0.717) is 31.4 Å². The van der Waals surface area contributed by atoms with E-state index in [-0.39, 0.29) is 6.61 Å². The number of nitrogens with one attached hydrogen (secondary N) is 1. The number of likely N-dealkylation sites (N-methyl/N-ethyl adjacent to an activating group) is 1. The van der Waals surface area contributed by atoms with E-state index in [4.69, 9.17) is 14.5 Å². The van der Waals surface area contributed by atoms with Crippen molar-refractivity contribution in [1.29, 1.82) is 0 Å². The first-order valence-corrected chi connectivity index (χ1v) is 11.4. The van der Waals surface area contributed by atoms with Crippen LogP contribution in [0.5, 0.6) is 5.75 Å². The molecule has 0 spiro atoms. The largest absolute Gasteiger partial charge is 0.491 e. The van der Waals surface area contributed by atoms with Gasteiger partial charge < -0.3 is 24.8 Å². The standard InChI is InChI=1S/C25H33N5O3/c1-5-18-10-19(12-21(11-18)33-16-20(31)14-26-4)23-13-24(29-6-8-32-9-7-29)30-25(28-23)22(15-27-30)17(2)3/h5,10-13,15,17,20,26,31H,1,6-9,14,16H2,2-4H3. The highest BCUT2D eigenvalue weighted by molar-refractivity contribution is 5.72. The lowest BCUT2D eigenvalue weighted by Gasteiger charge is -2.29. The van der Waals surface area contributed by atoms with Crippen molar-refractivity contribution in [3.05, 3.63) is 48.2 Å². The van der Waals surface area contributed by atoms with Crippen LogP contribution in [0.25, 0.3) is 23.0 Å². The van der Waals surface area contributed by atoms with E-state index in [2.05, 4.69) is 47.9 Å². The van der Waals surface area contributed by atoms with Crippen LogP contribution in [0.2, 0.25) is 0 Å². The van der Waals surface area contributed by atoms with E-state index in [1.165, 1.54) is 0 Å². The molecule has 176 valence electrons. The highest BCUT2D eigenvalue weighted by Gasteiger charge is 2.20. The average molecular weight is 452 g/mol. The number of ether oxygens (including phenoxy) is 2. The van der Waals surface area contributed by atoms with Gasteiger partial charge in [-0.15, -0.1) is 0 Å². The van der Waals surface area contributed by atoms with Crippen molar-refractivity contribution in [1.82, 2.24) is 19.9 Å². The van der Waals surface area contributed by atoms with Crippen LogP contribution in [0.3, 0.4) is 0 Å². The predicted octanol–water partition coefficient (Wildman–Crippen LogP) is 2.96. The first-order chi connectivity index (χ1) is 16.0. The Bertz CT molecular complexity index is 1100. The van der Waals surface area contributed by atoms with Crippen molar-refractivity contribution < 1.29 is 14.6 Å². The Morgan fingerprint density at radius 1 is 1.24 bits per heavy atom. The molecule has 1 atom stereocenters. The van der Waals surface area contributed by atoms with Crippen LogP contribution in [0.1, 0.15) is 30.9 Å². The summed E-state index contributed by atoms with van der Waals surface area (Å²) in [6.45, 7) is 11.9. The minimum Gasteiger partial charge on any atom is -0.491 e. The topological polar surface area (TPSA) is 84.2 Å². The zero-order valence-electron chi connectivity index (χ0n) is 19.6. The minimum atomic E-state index is -0.589. The van der Waals surface area contributed by atoms with E-state index >= 15 is 0 Å². The Morgan fingerprint density at radius 2 is 2.03 bits per heavy atom. The smallest absolute Gasteiger partial charge is 0.161 e. The van der Waals surface area contributed by atoms with E-state index in [0.717, 1.165) is 46.9 Å². The second kappa shape index (κ2) is 10.3. The Morgan fingerprint density at radius 3 is 2.73 bits per heavy atom. The van der Waals surface area contributed by atoms with Crippen LogP contribution in [0.15, 0.2) is 37.0 Å². The van der Waals surface area contributed by atoms with Crippen LogP contribution >= 0.6 is 0 Å². The molecule has 8 heteroatoms. The van der Waals surface area contributed by atoms with Crippen molar-refractivity contribution in [3.8, 4) is 17.0 Å². The SMILES string of the molecule is C=Cc1cc(OCC(O)CNC)cc(-c2cc(N3CCOCC3)n3ncc(C(C)C)c3n2)c1. The lowest BCUT2D eigenvalue weighted by atomic mass is 10.1. The van der Waals surface area contributed by atoms with Gasteiger partial charge in [0.1, 0.15) is 24.3 Å². The fourth-order valence-electron chi connectivity index (χ4n) is 3.99. The molecule has 1 aromatic carbocycles. The molecule has 8 nitrogen and oxygen atoms in total.